The molecule has 0 unspecified atom stereocenters. The van der Waals surface area contributed by atoms with Crippen LogP contribution in [0.4, 0.5) is 5.69 Å². The summed E-state index contributed by atoms with van der Waals surface area (Å²) in [6.45, 7) is 5.82. The number of phenols is 1. The topological polar surface area (TPSA) is 78.9 Å². The predicted octanol–water partition coefficient (Wildman–Crippen LogP) is 4.00. The third-order valence-electron chi connectivity index (χ3n) is 4.34. The van der Waals surface area contributed by atoms with Crippen molar-refractivity contribution in [3.63, 3.8) is 0 Å². The lowest BCUT2D eigenvalue weighted by molar-refractivity contribution is -0.122. The molecular formula is C22H19ClN2O4S. The van der Waals surface area contributed by atoms with Crippen LogP contribution in [0.25, 0.3) is 6.08 Å². The third-order valence-corrected chi connectivity index (χ3v) is 4.87. The first-order valence-corrected chi connectivity index (χ1v) is 9.91. The van der Waals surface area contributed by atoms with Gasteiger partial charge in [0.2, 0.25) is 0 Å². The smallest absolute Gasteiger partial charge is 0.270 e. The Morgan fingerprint density at radius 2 is 1.97 bits per heavy atom. The van der Waals surface area contributed by atoms with Crippen molar-refractivity contribution in [2.45, 2.75) is 13.3 Å². The molecule has 6 nitrogen and oxygen atoms in total. The number of phenolic OH excluding ortho intramolecular Hbond substituents is 1. The molecule has 2 aromatic rings. The Kier molecular flexibility index (Phi) is 6.54. The van der Waals surface area contributed by atoms with Gasteiger partial charge in [-0.15, -0.1) is 6.58 Å². The van der Waals surface area contributed by atoms with Crippen LogP contribution >= 0.6 is 23.8 Å². The highest BCUT2D eigenvalue weighted by molar-refractivity contribution is 7.80. The predicted molar refractivity (Wildman–Crippen MR) is 121 cm³/mol. The van der Waals surface area contributed by atoms with Crippen molar-refractivity contribution in [1.82, 2.24) is 5.32 Å². The van der Waals surface area contributed by atoms with Crippen molar-refractivity contribution in [3.05, 3.63) is 70.8 Å². The molecule has 0 aromatic heterocycles. The number of carbonyl (C=O) groups excluding carboxylic acids is 2. The molecule has 30 heavy (non-hydrogen) atoms. The fourth-order valence-corrected chi connectivity index (χ4v) is 3.40. The number of carbonyl (C=O) groups is 2. The standard InChI is InChI=1S/C22H19ClN2O4S/c1-3-5-14-10-13(12-18(19(14)26)29-4-2)11-17-20(27)24-22(30)25(21(17)28)16-8-6-15(23)7-9-16/h3,6-12,26H,1,4-5H2,2H3,(H,24,27,30). The SMILES string of the molecule is C=CCc1cc(C=C2C(=O)NC(=S)N(c3ccc(Cl)cc3)C2=O)cc(OCC)c1O. The van der Waals surface area contributed by atoms with E-state index >= 15 is 0 Å². The highest BCUT2D eigenvalue weighted by atomic mass is 35.5. The molecule has 2 aromatic carbocycles. The largest absolute Gasteiger partial charge is 0.504 e. The van der Waals surface area contributed by atoms with E-state index in [1.54, 1.807) is 49.4 Å². The van der Waals surface area contributed by atoms with Gasteiger partial charge in [-0.05, 0) is 73.6 Å². The molecule has 0 spiro atoms. The van der Waals surface area contributed by atoms with Gasteiger partial charge in [-0.2, -0.15) is 0 Å². The van der Waals surface area contributed by atoms with Crippen LogP contribution in [0, 0.1) is 0 Å². The van der Waals surface area contributed by atoms with Crippen LogP contribution in [0.2, 0.25) is 5.02 Å². The first kappa shape index (κ1) is 21.5. The molecule has 0 bridgehead atoms. The Morgan fingerprint density at radius 1 is 1.27 bits per heavy atom. The van der Waals surface area contributed by atoms with Crippen LogP contribution in [0.5, 0.6) is 11.5 Å². The third kappa shape index (κ3) is 4.37. The molecule has 1 heterocycles. The van der Waals surface area contributed by atoms with E-state index in [2.05, 4.69) is 11.9 Å². The summed E-state index contributed by atoms with van der Waals surface area (Å²) in [7, 11) is 0. The van der Waals surface area contributed by atoms with E-state index in [0.29, 0.717) is 34.9 Å². The van der Waals surface area contributed by atoms with Gasteiger partial charge in [-0.1, -0.05) is 17.7 Å². The number of anilines is 1. The number of hydrogen-bond donors (Lipinski definition) is 2. The summed E-state index contributed by atoms with van der Waals surface area (Å²) in [6.07, 6.45) is 3.47. The van der Waals surface area contributed by atoms with Crippen molar-refractivity contribution in [2.24, 2.45) is 0 Å². The molecule has 0 aliphatic carbocycles. The molecule has 0 radical (unpaired) electrons. The molecule has 0 saturated carbocycles. The lowest BCUT2D eigenvalue weighted by atomic mass is 10.0. The van der Waals surface area contributed by atoms with Crippen molar-refractivity contribution < 1.29 is 19.4 Å². The molecule has 1 fully saturated rings. The molecule has 8 heteroatoms. The quantitative estimate of drug-likeness (QED) is 0.306. The van der Waals surface area contributed by atoms with Crippen LogP contribution in [0.1, 0.15) is 18.1 Å². The summed E-state index contributed by atoms with van der Waals surface area (Å²) in [5, 5.41) is 13.4. The Labute approximate surface area is 184 Å². The molecule has 1 saturated heterocycles. The minimum Gasteiger partial charge on any atom is -0.504 e. The molecule has 154 valence electrons. The van der Waals surface area contributed by atoms with Crippen LogP contribution in [0.15, 0.2) is 54.6 Å². The number of ether oxygens (including phenoxy) is 1. The molecule has 1 aliphatic rings. The molecule has 3 rings (SSSR count). The highest BCUT2D eigenvalue weighted by Crippen LogP contribution is 2.33. The number of amides is 2. The Morgan fingerprint density at radius 3 is 2.60 bits per heavy atom. The Balaban J connectivity index is 2.05. The van der Waals surface area contributed by atoms with Gasteiger partial charge in [0.15, 0.2) is 16.6 Å². The maximum Gasteiger partial charge on any atom is 0.270 e. The molecule has 0 atom stereocenters. The van der Waals surface area contributed by atoms with Crippen LogP contribution in [0.3, 0.4) is 0 Å². The first-order chi connectivity index (χ1) is 14.3. The fourth-order valence-electron chi connectivity index (χ4n) is 3.00. The number of hydrogen-bond acceptors (Lipinski definition) is 5. The van der Waals surface area contributed by atoms with E-state index in [1.807, 2.05) is 0 Å². The Hall–Kier alpha value is -3.16. The summed E-state index contributed by atoms with van der Waals surface area (Å²) in [6, 6.07) is 9.77. The summed E-state index contributed by atoms with van der Waals surface area (Å²) in [4.78, 5) is 26.8. The number of aromatic hydroxyl groups is 1. The van der Waals surface area contributed by atoms with Gasteiger partial charge < -0.3 is 9.84 Å². The van der Waals surface area contributed by atoms with Gasteiger partial charge >= 0.3 is 0 Å². The zero-order valence-electron chi connectivity index (χ0n) is 16.1. The normalized spacial score (nSPS) is 15.3. The van der Waals surface area contributed by atoms with Crippen LogP contribution in [-0.4, -0.2) is 28.6 Å². The van der Waals surface area contributed by atoms with E-state index in [0.717, 1.165) is 0 Å². The maximum absolute atomic E-state index is 13.1. The minimum absolute atomic E-state index is 0.00212. The zero-order chi connectivity index (χ0) is 21.8. The maximum atomic E-state index is 13.1. The summed E-state index contributed by atoms with van der Waals surface area (Å²) >= 11 is 11.1. The van der Waals surface area contributed by atoms with Crippen molar-refractivity contribution >= 4 is 52.5 Å². The number of rotatable bonds is 6. The van der Waals surface area contributed by atoms with Crippen molar-refractivity contribution in [1.29, 1.82) is 0 Å². The average molecular weight is 443 g/mol. The number of thiocarbonyl (C=S) groups is 1. The number of halogens is 1. The van der Waals surface area contributed by atoms with Crippen molar-refractivity contribution in [3.8, 4) is 11.5 Å². The molecular weight excluding hydrogens is 424 g/mol. The summed E-state index contributed by atoms with van der Waals surface area (Å²) < 4.78 is 5.48. The van der Waals surface area contributed by atoms with Gasteiger partial charge in [0.1, 0.15) is 5.57 Å². The minimum atomic E-state index is -0.605. The van der Waals surface area contributed by atoms with E-state index < -0.39 is 11.8 Å². The molecule has 2 N–H and O–H groups in total. The first-order valence-electron chi connectivity index (χ1n) is 9.12. The number of nitrogens with zero attached hydrogens (tertiary/aromatic N) is 1. The monoisotopic (exact) mass is 442 g/mol. The highest BCUT2D eigenvalue weighted by Gasteiger charge is 2.34. The summed E-state index contributed by atoms with van der Waals surface area (Å²) in [5.74, 6) is -0.909. The van der Waals surface area contributed by atoms with E-state index in [-0.39, 0.29) is 22.2 Å². The number of benzene rings is 2. The zero-order valence-corrected chi connectivity index (χ0v) is 17.7. The second kappa shape index (κ2) is 9.11. The number of nitrogens with one attached hydrogen (secondary N) is 1. The van der Waals surface area contributed by atoms with Crippen LogP contribution < -0.4 is 15.0 Å². The molecule has 1 aliphatic heterocycles. The second-order valence-corrected chi connectivity index (χ2v) is 7.21. The van der Waals surface area contributed by atoms with E-state index in [4.69, 9.17) is 28.6 Å². The Bertz CT molecular complexity index is 1060. The van der Waals surface area contributed by atoms with Gasteiger partial charge in [-0.3, -0.25) is 19.8 Å². The fraction of sp³-hybridized carbons (Fsp3) is 0.136. The number of allylic oxidation sites excluding steroid dienone is 1. The van der Waals surface area contributed by atoms with Gasteiger partial charge in [0.25, 0.3) is 11.8 Å². The van der Waals surface area contributed by atoms with E-state index in [9.17, 15) is 14.7 Å². The molecule has 2 amide bonds. The lowest BCUT2D eigenvalue weighted by Gasteiger charge is -2.29. The van der Waals surface area contributed by atoms with Crippen molar-refractivity contribution in [2.75, 3.05) is 11.5 Å². The van der Waals surface area contributed by atoms with Crippen LogP contribution in [-0.2, 0) is 16.0 Å². The second-order valence-electron chi connectivity index (χ2n) is 6.39. The van der Waals surface area contributed by atoms with E-state index in [1.165, 1.54) is 11.0 Å². The van der Waals surface area contributed by atoms with Gasteiger partial charge in [0, 0.05) is 10.6 Å². The van der Waals surface area contributed by atoms with Gasteiger partial charge in [-0.25, -0.2) is 0 Å². The van der Waals surface area contributed by atoms with Gasteiger partial charge in [0.05, 0.1) is 12.3 Å². The lowest BCUT2D eigenvalue weighted by Crippen LogP contribution is -2.54. The summed E-state index contributed by atoms with van der Waals surface area (Å²) in [5.41, 5.74) is 1.47. The average Bonchev–Trinajstić information content (AvgIpc) is 2.70.